The molecule has 232 valence electrons. The van der Waals surface area contributed by atoms with Gasteiger partial charge in [0, 0.05) is 57.1 Å². The number of ether oxygens (including phenoxy) is 1. The van der Waals surface area contributed by atoms with Gasteiger partial charge in [-0.3, -0.25) is 15.0 Å². The van der Waals surface area contributed by atoms with E-state index < -0.39 is 23.6 Å². The molecule has 3 aromatic rings. The quantitative estimate of drug-likeness (QED) is 0.287. The van der Waals surface area contributed by atoms with Gasteiger partial charge in [0.2, 0.25) is 11.8 Å². The Morgan fingerprint density at radius 1 is 0.886 bits per heavy atom. The Morgan fingerprint density at radius 3 is 2.30 bits per heavy atom. The standard InChI is InChI=1S/C29H32F2N8O4S/c30-21-4-2-20(3-5-21)16-26(40)36-28(44)34-22-6-7-24(23(31)17-22)42-27-18-25(32-19-33-27)35-29(41)43-39-14-12-38(13-15-39)11-10-37-8-1-9-37/h2-7,17-19H,1,8-16H2,(H,32,33,35,41)(H2,34,36,40,44). The Morgan fingerprint density at radius 2 is 1.61 bits per heavy atom. The number of carbonyl (C=O) groups excluding carboxylic acids is 2. The molecular weight excluding hydrogens is 594 g/mol. The van der Waals surface area contributed by atoms with Crippen molar-refractivity contribution in [3.05, 3.63) is 72.1 Å². The molecule has 0 radical (unpaired) electrons. The van der Waals surface area contributed by atoms with E-state index in [2.05, 4.69) is 35.7 Å². The summed E-state index contributed by atoms with van der Waals surface area (Å²) in [6.07, 6.45) is 1.74. The number of hydrogen-bond donors (Lipinski definition) is 3. The van der Waals surface area contributed by atoms with Crippen LogP contribution in [0.5, 0.6) is 11.6 Å². The highest BCUT2D eigenvalue weighted by Crippen LogP contribution is 2.26. The van der Waals surface area contributed by atoms with Gasteiger partial charge in [0.25, 0.3) is 0 Å². The molecule has 1 aromatic heterocycles. The van der Waals surface area contributed by atoms with Crippen molar-refractivity contribution in [1.82, 2.24) is 30.1 Å². The van der Waals surface area contributed by atoms with E-state index in [0.29, 0.717) is 18.7 Å². The van der Waals surface area contributed by atoms with Crippen LogP contribution in [0, 0.1) is 11.6 Å². The summed E-state index contributed by atoms with van der Waals surface area (Å²) in [5.74, 6) is -1.57. The zero-order chi connectivity index (χ0) is 30.9. The number of carbonyl (C=O) groups is 2. The van der Waals surface area contributed by atoms with Gasteiger partial charge in [-0.1, -0.05) is 12.1 Å². The van der Waals surface area contributed by atoms with Gasteiger partial charge in [-0.15, -0.1) is 5.06 Å². The fourth-order valence-corrected chi connectivity index (χ4v) is 4.77. The van der Waals surface area contributed by atoms with E-state index in [9.17, 15) is 18.4 Å². The van der Waals surface area contributed by atoms with Crippen LogP contribution >= 0.6 is 12.2 Å². The molecule has 15 heteroatoms. The van der Waals surface area contributed by atoms with Crippen molar-refractivity contribution in [3.63, 3.8) is 0 Å². The lowest BCUT2D eigenvalue weighted by molar-refractivity contribution is -0.119. The summed E-state index contributed by atoms with van der Waals surface area (Å²) in [6, 6.07) is 10.9. The summed E-state index contributed by atoms with van der Waals surface area (Å²) < 4.78 is 33.4. The number of hydroxylamine groups is 2. The molecule has 5 rings (SSSR count). The number of amides is 2. The molecule has 2 aromatic carbocycles. The molecule has 0 bridgehead atoms. The van der Waals surface area contributed by atoms with Crippen molar-refractivity contribution in [2.24, 2.45) is 0 Å². The number of likely N-dealkylation sites (tertiary alicyclic amines) is 1. The summed E-state index contributed by atoms with van der Waals surface area (Å²) in [7, 11) is 0. The smallest absolute Gasteiger partial charge is 0.431 e. The molecule has 44 heavy (non-hydrogen) atoms. The molecule has 2 aliphatic heterocycles. The summed E-state index contributed by atoms with van der Waals surface area (Å²) in [5.41, 5.74) is 0.882. The van der Waals surface area contributed by atoms with Crippen LogP contribution in [-0.2, 0) is 16.1 Å². The van der Waals surface area contributed by atoms with Crippen molar-refractivity contribution in [1.29, 1.82) is 0 Å². The predicted octanol–water partition coefficient (Wildman–Crippen LogP) is 3.39. The molecule has 2 fully saturated rings. The Hall–Kier alpha value is -4.31. The van der Waals surface area contributed by atoms with E-state index in [-0.39, 0.29) is 34.7 Å². The van der Waals surface area contributed by atoms with Gasteiger partial charge in [-0.2, -0.15) is 0 Å². The third kappa shape index (κ3) is 9.34. The number of piperazine rings is 1. The van der Waals surface area contributed by atoms with Gasteiger partial charge >= 0.3 is 6.09 Å². The average molecular weight is 627 g/mol. The molecule has 0 atom stereocenters. The summed E-state index contributed by atoms with van der Waals surface area (Å²) in [6.45, 7) is 7.25. The van der Waals surface area contributed by atoms with Crippen LogP contribution in [0.1, 0.15) is 12.0 Å². The Balaban J connectivity index is 1.06. The third-order valence-electron chi connectivity index (χ3n) is 7.03. The van der Waals surface area contributed by atoms with E-state index in [1.807, 2.05) is 0 Å². The number of aromatic nitrogens is 2. The lowest BCUT2D eigenvalue weighted by atomic mass is 10.1. The van der Waals surface area contributed by atoms with Crippen LogP contribution in [-0.4, -0.2) is 94.3 Å². The van der Waals surface area contributed by atoms with Gasteiger partial charge in [0.05, 0.1) is 6.42 Å². The second kappa shape index (κ2) is 14.9. The van der Waals surface area contributed by atoms with Crippen LogP contribution in [0.3, 0.4) is 0 Å². The summed E-state index contributed by atoms with van der Waals surface area (Å²) in [5, 5.41) is 9.34. The van der Waals surface area contributed by atoms with Crippen LogP contribution in [0.2, 0.25) is 0 Å². The number of hydrogen-bond acceptors (Lipinski definition) is 10. The first-order valence-electron chi connectivity index (χ1n) is 14.1. The zero-order valence-corrected chi connectivity index (χ0v) is 24.6. The Kier molecular flexibility index (Phi) is 10.6. The maximum absolute atomic E-state index is 14.8. The molecule has 3 heterocycles. The first-order chi connectivity index (χ1) is 21.3. The van der Waals surface area contributed by atoms with Gasteiger partial charge < -0.3 is 25.1 Å². The second-order valence-corrected chi connectivity index (χ2v) is 10.7. The number of nitrogens with one attached hydrogen (secondary N) is 3. The zero-order valence-electron chi connectivity index (χ0n) is 23.8. The topological polar surface area (TPSA) is 124 Å². The van der Waals surface area contributed by atoms with Crippen molar-refractivity contribution in [2.75, 3.05) is 63.0 Å². The first kappa shape index (κ1) is 31.1. The number of anilines is 2. The molecule has 2 aliphatic rings. The van der Waals surface area contributed by atoms with Crippen molar-refractivity contribution in [2.45, 2.75) is 12.8 Å². The minimum Gasteiger partial charge on any atom is -0.436 e. The van der Waals surface area contributed by atoms with Gasteiger partial charge in [0.15, 0.2) is 16.7 Å². The normalized spacial score (nSPS) is 15.6. The van der Waals surface area contributed by atoms with Crippen LogP contribution in [0.4, 0.5) is 25.1 Å². The van der Waals surface area contributed by atoms with E-state index >= 15 is 0 Å². The molecule has 3 N–H and O–H groups in total. The average Bonchev–Trinajstić information content (AvgIpc) is 2.96. The molecule has 0 aliphatic carbocycles. The molecule has 0 spiro atoms. The fraction of sp³-hybridized carbons (Fsp3) is 0.345. The predicted molar refractivity (Wildman–Crippen MR) is 162 cm³/mol. The summed E-state index contributed by atoms with van der Waals surface area (Å²) >= 11 is 5.14. The molecule has 2 saturated heterocycles. The van der Waals surface area contributed by atoms with Crippen LogP contribution in [0.25, 0.3) is 0 Å². The van der Waals surface area contributed by atoms with E-state index in [1.165, 1.54) is 68.3 Å². The summed E-state index contributed by atoms with van der Waals surface area (Å²) in [4.78, 5) is 42.8. The molecule has 2 amide bonds. The van der Waals surface area contributed by atoms with Gasteiger partial charge in [-0.25, -0.2) is 23.5 Å². The lowest BCUT2D eigenvalue weighted by Crippen LogP contribution is -2.50. The number of thiocarbonyl (C=S) groups is 1. The molecule has 0 saturated carbocycles. The van der Waals surface area contributed by atoms with E-state index in [1.54, 1.807) is 5.06 Å². The lowest BCUT2D eigenvalue weighted by Gasteiger charge is -2.36. The van der Waals surface area contributed by atoms with Gasteiger partial charge in [-0.05, 0) is 61.6 Å². The Labute approximate surface area is 258 Å². The van der Waals surface area contributed by atoms with Crippen LogP contribution < -0.4 is 20.7 Å². The Bertz CT molecular complexity index is 1470. The molecule has 0 unspecified atom stereocenters. The monoisotopic (exact) mass is 626 g/mol. The van der Waals surface area contributed by atoms with Crippen molar-refractivity contribution in [3.8, 4) is 11.6 Å². The number of benzene rings is 2. The second-order valence-electron chi connectivity index (χ2n) is 10.3. The number of halogens is 2. The fourth-order valence-electron chi connectivity index (χ4n) is 4.54. The number of rotatable bonds is 10. The van der Waals surface area contributed by atoms with Crippen molar-refractivity contribution >= 4 is 40.8 Å². The third-order valence-corrected chi connectivity index (χ3v) is 7.24. The van der Waals surface area contributed by atoms with E-state index in [4.69, 9.17) is 21.8 Å². The number of nitrogens with zero attached hydrogens (tertiary/aromatic N) is 5. The minimum atomic E-state index is -0.730. The highest BCUT2D eigenvalue weighted by Gasteiger charge is 2.22. The molecular formula is C29H32F2N8O4S. The largest absolute Gasteiger partial charge is 0.436 e. The van der Waals surface area contributed by atoms with Crippen molar-refractivity contribution < 1.29 is 27.9 Å². The van der Waals surface area contributed by atoms with Crippen LogP contribution in [0.15, 0.2) is 54.9 Å². The SMILES string of the molecule is O=C(Cc1ccc(F)cc1)NC(=S)Nc1ccc(Oc2cc(NC(=O)ON3CCN(CCN4CCC4)CC3)ncn2)c(F)c1. The van der Waals surface area contributed by atoms with Gasteiger partial charge in [0.1, 0.15) is 18.0 Å². The molecule has 12 nitrogen and oxygen atoms in total. The first-order valence-corrected chi connectivity index (χ1v) is 14.5. The highest BCUT2D eigenvalue weighted by atomic mass is 32.1. The van der Waals surface area contributed by atoms with E-state index in [0.717, 1.165) is 32.2 Å². The minimum absolute atomic E-state index is 0.00527. The maximum atomic E-state index is 14.8. The maximum Gasteiger partial charge on any atom is 0.431 e. The highest BCUT2D eigenvalue weighted by molar-refractivity contribution is 7.80.